The molecule has 0 fully saturated rings. The van der Waals surface area contributed by atoms with Crippen LogP contribution in [0.4, 0.5) is 5.69 Å². The summed E-state index contributed by atoms with van der Waals surface area (Å²) in [4.78, 5) is 12.4. The molecule has 0 aliphatic carbocycles. The monoisotopic (exact) mass is 369 g/mol. The van der Waals surface area contributed by atoms with E-state index >= 15 is 0 Å². The van der Waals surface area contributed by atoms with Crippen LogP contribution in [0.15, 0.2) is 59.3 Å². The number of nitrogens with zero attached hydrogens (tertiary/aromatic N) is 2. The normalized spacial score (nSPS) is 10.6. The van der Waals surface area contributed by atoms with Crippen LogP contribution in [-0.4, -0.2) is 15.7 Å². The Hall–Kier alpha value is -2.40. The van der Waals surface area contributed by atoms with Gasteiger partial charge in [0, 0.05) is 21.9 Å². The van der Waals surface area contributed by atoms with Gasteiger partial charge in [-0.25, -0.2) is 4.68 Å². The van der Waals surface area contributed by atoms with Crippen LogP contribution in [0, 0.1) is 13.8 Å². The summed E-state index contributed by atoms with van der Waals surface area (Å²) in [6.07, 6.45) is 3.75. The Morgan fingerprint density at radius 3 is 2.48 bits per heavy atom. The van der Waals surface area contributed by atoms with Crippen molar-refractivity contribution >= 4 is 27.5 Å². The first-order chi connectivity index (χ1) is 11.0. The van der Waals surface area contributed by atoms with Crippen molar-refractivity contribution in [3.63, 3.8) is 0 Å². The number of benzene rings is 2. The molecular formula is C18H16BrN3O. The zero-order valence-electron chi connectivity index (χ0n) is 12.9. The van der Waals surface area contributed by atoms with E-state index in [0.29, 0.717) is 5.56 Å². The van der Waals surface area contributed by atoms with E-state index in [1.807, 2.05) is 50.4 Å². The van der Waals surface area contributed by atoms with Crippen molar-refractivity contribution in [3.05, 3.63) is 76.0 Å². The molecule has 0 aliphatic rings. The molecule has 3 aromatic rings. The molecule has 116 valence electrons. The quantitative estimate of drug-likeness (QED) is 0.738. The van der Waals surface area contributed by atoms with E-state index < -0.39 is 0 Å². The molecule has 0 spiro atoms. The molecule has 23 heavy (non-hydrogen) atoms. The lowest BCUT2D eigenvalue weighted by molar-refractivity contribution is 0.102. The van der Waals surface area contributed by atoms with Crippen LogP contribution >= 0.6 is 15.9 Å². The van der Waals surface area contributed by atoms with Crippen molar-refractivity contribution in [1.29, 1.82) is 0 Å². The van der Waals surface area contributed by atoms with Crippen LogP contribution in [0.1, 0.15) is 21.5 Å². The molecule has 0 atom stereocenters. The summed E-state index contributed by atoms with van der Waals surface area (Å²) in [6.45, 7) is 3.95. The zero-order valence-corrected chi connectivity index (χ0v) is 14.5. The first kappa shape index (κ1) is 15.5. The van der Waals surface area contributed by atoms with Crippen LogP contribution in [0.2, 0.25) is 0 Å². The molecule has 5 heteroatoms. The topological polar surface area (TPSA) is 46.9 Å². The number of carbonyl (C=O) groups is 1. The molecule has 0 bridgehead atoms. The smallest absolute Gasteiger partial charge is 0.255 e. The third-order valence-corrected chi connectivity index (χ3v) is 4.04. The highest BCUT2D eigenvalue weighted by molar-refractivity contribution is 9.10. The predicted octanol–water partition coefficient (Wildman–Crippen LogP) is 4.50. The van der Waals surface area contributed by atoms with Gasteiger partial charge in [-0.2, -0.15) is 5.10 Å². The fraction of sp³-hybridized carbons (Fsp3) is 0.111. The van der Waals surface area contributed by atoms with Gasteiger partial charge >= 0.3 is 0 Å². The highest BCUT2D eigenvalue weighted by Gasteiger charge is 2.08. The molecule has 4 nitrogen and oxygen atoms in total. The van der Waals surface area contributed by atoms with Crippen LogP contribution in [0.25, 0.3) is 5.69 Å². The van der Waals surface area contributed by atoms with Crippen LogP contribution < -0.4 is 5.32 Å². The van der Waals surface area contributed by atoms with Gasteiger partial charge in [0.15, 0.2) is 0 Å². The van der Waals surface area contributed by atoms with E-state index in [9.17, 15) is 4.79 Å². The average Bonchev–Trinajstić information content (AvgIpc) is 2.97. The minimum Gasteiger partial charge on any atom is -0.322 e. The van der Waals surface area contributed by atoms with Crippen molar-refractivity contribution in [1.82, 2.24) is 9.78 Å². The van der Waals surface area contributed by atoms with Gasteiger partial charge in [-0.1, -0.05) is 15.9 Å². The van der Waals surface area contributed by atoms with Gasteiger partial charge in [0.1, 0.15) is 0 Å². The zero-order chi connectivity index (χ0) is 16.4. The molecule has 2 aromatic carbocycles. The van der Waals surface area contributed by atoms with Gasteiger partial charge < -0.3 is 5.32 Å². The number of carbonyl (C=O) groups excluding carboxylic acids is 1. The first-order valence-corrected chi connectivity index (χ1v) is 8.01. The summed E-state index contributed by atoms with van der Waals surface area (Å²) >= 11 is 3.42. The molecule has 0 unspecified atom stereocenters. The maximum Gasteiger partial charge on any atom is 0.255 e. The number of aromatic nitrogens is 2. The lowest BCUT2D eigenvalue weighted by atomic mass is 10.1. The Bertz CT molecular complexity index is 853. The van der Waals surface area contributed by atoms with E-state index in [-0.39, 0.29) is 5.91 Å². The molecule has 0 radical (unpaired) electrons. The number of halogens is 1. The van der Waals surface area contributed by atoms with E-state index in [2.05, 4.69) is 26.3 Å². The van der Waals surface area contributed by atoms with Gasteiger partial charge in [0.2, 0.25) is 0 Å². The number of nitrogens with one attached hydrogen (secondary N) is 1. The van der Waals surface area contributed by atoms with Gasteiger partial charge in [-0.3, -0.25) is 4.79 Å². The standard InChI is InChI=1S/C18H16BrN3O/c1-12-10-20-22(11-12)16-6-3-14(4-7-16)18(23)21-17-8-5-15(19)9-13(17)2/h3-11H,1-2H3,(H,21,23). The minimum absolute atomic E-state index is 0.126. The molecule has 0 saturated carbocycles. The molecule has 0 aliphatic heterocycles. The molecule has 1 amide bonds. The van der Waals surface area contributed by atoms with Crippen LogP contribution in [0.5, 0.6) is 0 Å². The van der Waals surface area contributed by atoms with Crippen molar-refractivity contribution < 1.29 is 4.79 Å². The lowest BCUT2D eigenvalue weighted by Crippen LogP contribution is -2.12. The minimum atomic E-state index is -0.126. The molecule has 0 saturated heterocycles. The second-order valence-corrected chi connectivity index (χ2v) is 6.34. The van der Waals surface area contributed by atoms with Crippen molar-refractivity contribution in [3.8, 4) is 5.69 Å². The van der Waals surface area contributed by atoms with Crippen LogP contribution in [0.3, 0.4) is 0 Å². The third kappa shape index (κ3) is 3.51. The number of anilines is 1. The Labute approximate surface area is 143 Å². The fourth-order valence-electron chi connectivity index (χ4n) is 2.28. The molecule has 1 N–H and O–H groups in total. The van der Waals surface area contributed by atoms with E-state index in [0.717, 1.165) is 27.0 Å². The van der Waals surface area contributed by atoms with E-state index in [4.69, 9.17) is 0 Å². The highest BCUT2D eigenvalue weighted by Crippen LogP contribution is 2.21. The van der Waals surface area contributed by atoms with Crippen LogP contribution in [-0.2, 0) is 0 Å². The summed E-state index contributed by atoms with van der Waals surface area (Å²) in [5.74, 6) is -0.126. The van der Waals surface area contributed by atoms with Gasteiger partial charge in [-0.15, -0.1) is 0 Å². The number of hydrogen-bond acceptors (Lipinski definition) is 2. The second kappa shape index (κ2) is 6.38. The maximum absolute atomic E-state index is 12.4. The van der Waals surface area contributed by atoms with Crippen molar-refractivity contribution in [2.75, 3.05) is 5.32 Å². The number of rotatable bonds is 3. The Morgan fingerprint density at radius 1 is 1.13 bits per heavy atom. The Morgan fingerprint density at radius 2 is 1.87 bits per heavy atom. The fourth-order valence-corrected chi connectivity index (χ4v) is 2.76. The number of hydrogen-bond donors (Lipinski definition) is 1. The summed E-state index contributed by atoms with van der Waals surface area (Å²) in [5.41, 5.74) is 4.45. The highest BCUT2D eigenvalue weighted by atomic mass is 79.9. The third-order valence-electron chi connectivity index (χ3n) is 3.54. The van der Waals surface area contributed by atoms with E-state index in [1.54, 1.807) is 23.0 Å². The predicted molar refractivity (Wildman–Crippen MR) is 95.1 cm³/mol. The Kier molecular flexibility index (Phi) is 4.30. The summed E-state index contributed by atoms with van der Waals surface area (Å²) in [5, 5.41) is 7.19. The summed E-state index contributed by atoms with van der Waals surface area (Å²) in [7, 11) is 0. The van der Waals surface area contributed by atoms with Gasteiger partial charge in [-0.05, 0) is 67.4 Å². The van der Waals surface area contributed by atoms with Gasteiger partial charge in [0.25, 0.3) is 5.91 Å². The molecule has 3 rings (SSSR count). The van der Waals surface area contributed by atoms with E-state index in [1.165, 1.54) is 0 Å². The second-order valence-electron chi connectivity index (χ2n) is 5.42. The summed E-state index contributed by atoms with van der Waals surface area (Å²) < 4.78 is 2.78. The molecule has 1 aromatic heterocycles. The number of amides is 1. The number of aryl methyl sites for hydroxylation is 2. The van der Waals surface area contributed by atoms with Crippen molar-refractivity contribution in [2.45, 2.75) is 13.8 Å². The Balaban J connectivity index is 1.77. The lowest BCUT2D eigenvalue weighted by Gasteiger charge is -2.09. The maximum atomic E-state index is 12.4. The van der Waals surface area contributed by atoms with Gasteiger partial charge in [0.05, 0.1) is 11.9 Å². The molecular weight excluding hydrogens is 354 g/mol. The summed E-state index contributed by atoms with van der Waals surface area (Å²) in [6, 6.07) is 13.1. The first-order valence-electron chi connectivity index (χ1n) is 7.22. The largest absolute Gasteiger partial charge is 0.322 e. The van der Waals surface area contributed by atoms with Crippen molar-refractivity contribution in [2.24, 2.45) is 0 Å². The SMILES string of the molecule is Cc1cnn(-c2ccc(C(=O)Nc3ccc(Br)cc3C)cc2)c1. The average molecular weight is 370 g/mol. The molecule has 1 heterocycles.